The predicted octanol–water partition coefficient (Wildman–Crippen LogP) is 2.80. The van der Waals surface area contributed by atoms with Crippen molar-refractivity contribution in [3.63, 3.8) is 0 Å². The molecular weight excluding hydrogens is 457 g/mol. The Morgan fingerprint density at radius 2 is 1.58 bits per heavy atom. The number of carbonyl (C=O) groups excluding carboxylic acids is 1. The van der Waals surface area contributed by atoms with Crippen LogP contribution in [0.5, 0.6) is 0 Å². The van der Waals surface area contributed by atoms with Crippen LogP contribution in [0.4, 0.5) is 18.9 Å². The Hall–Kier alpha value is -2.57. The Kier molecular flexibility index (Phi) is 8.48. The van der Waals surface area contributed by atoms with Crippen LogP contribution in [-0.2, 0) is 19.4 Å². The van der Waals surface area contributed by atoms with E-state index in [1.807, 2.05) is 0 Å². The summed E-state index contributed by atoms with van der Waals surface area (Å²) in [5, 5.41) is 13.1. The van der Waals surface area contributed by atoms with Gasteiger partial charge in [0, 0.05) is 23.7 Å². The number of thioether (sulfide) groups is 1. The van der Waals surface area contributed by atoms with Crippen LogP contribution in [0.3, 0.4) is 0 Å². The molecule has 2 aromatic carbocycles. The average Bonchev–Trinajstić information content (AvgIpc) is 2.75. The number of alkyl halides is 3. The Morgan fingerprint density at radius 1 is 1.03 bits per heavy atom. The van der Waals surface area contributed by atoms with Crippen molar-refractivity contribution >= 4 is 39.2 Å². The minimum Gasteiger partial charge on any atom is -0.475 e. The molecule has 1 atom stereocenters. The molecule has 1 heterocycles. The summed E-state index contributed by atoms with van der Waals surface area (Å²) in [7, 11) is -3.53. The third-order valence-corrected chi connectivity index (χ3v) is 6.81. The van der Waals surface area contributed by atoms with Gasteiger partial charge in [-0.05, 0) is 36.4 Å². The summed E-state index contributed by atoms with van der Waals surface area (Å²) in [5.74, 6) is -1.10. The summed E-state index contributed by atoms with van der Waals surface area (Å²) in [6, 6.07) is 14.3. The molecule has 0 radical (unpaired) electrons. The van der Waals surface area contributed by atoms with Crippen molar-refractivity contribution in [2.24, 2.45) is 0 Å². The fourth-order valence-electron chi connectivity index (χ4n) is 2.42. The van der Waals surface area contributed by atoms with Crippen molar-refractivity contribution in [1.82, 2.24) is 5.32 Å². The highest BCUT2D eigenvalue weighted by atomic mass is 32.2. The van der Waals surface area contributed by atoms with E-state index in [0.29, 0.717) is 5.69 Å². The molecule has 1 saturated heterocycles. The van der Waals surface area contributed by atoms with Crippen LogP contribution < -0.4 is 10.6 Å². The third kappa shape index (κ3) is 7.26. The number of carboxylic acid groups (broad SMARTS) is 1. The lowest BCUT2D eigenvalue weighted by molar-refractivity contribution is -0.192. The molecule has 1 aliphatic rings. The fourth-order valence-corrected chi connectivity index (χ4v) is 4.63. The van der Waals surface area contributed by atoms with Gasteiger partial charge in [-0.3, -0.25) is 4.79 Å². The third-order valence-electron chi connectivity index (χ3n) is 3.97. The SMILES string of the molecule is O=C(Nc1ccc(S(=O)(=O)c2ccccc2)cc1)C1CSCCN1.O=C(O)C(F)(F)F. The van der Waals surface area contributed by atoms with E-state index >= 15 is 0 Å². The summed E-state index contributed by atoms with van der Waals surface area (Å²) in [5.41, 5.74) is 0.587. The first-order valence-corrected chi connectivity index (χ1v) is 11.5. The number of hydrogen-bond donors (Lipinski definition) is 3. The Bertz CT molecular complexity index is 991. The normalized spacial score (nSPS) is 16.5. The van der Waals surface area contributed by atoms with Crippen molar-refractivity contribution < 1.29 is 36.3 Å². The zero-order chi connectivity index (χ0) is 23.1. The molecule has 3 rings (SSSR count). The van der Waals surface area contributed by atoms with Gasteiger partial charge in [0.2, 0.25) is 15.7 Å². The molecular formula is C19H19F3N2O5S2. The summed E-state index contributed by atoms with van der Waals surface area (Å²) in [6.45, 7) is 0.816. The van der Waals surface area contributed by atoms with Gasteiger partial charge in [0.05, 0.1) is 15.8 Å². The molecule has 0 bridgehead atoms. The summed E-state index contributed by atoms with van der Waals surface area (Å²) in [6.07, 6.45) is -5.08. The maximum atomic E-state index is 12.5. The minimum absolute atomic E-state index is 0.0964. The Morgan fingerprint density at radius 3 is 2.06 bits per heavy atom. The van der Waals surface area contributed by atoms with E-state index in [1.54, 1.807) is 54.2 Å². The molecule has 168 valence electrons. The first kappa shape index (κ1) is 24.7. The molecule has 0 aliphatic carbocycles. The van der Waals surface area contributed by atoms with E-state index in [1.165, 1.54) is 12.1 Å². The topological polar surface area (TPSA) is 113 Å². The van der Waals surface area contributed by atoms with Gasteiger partial charge in [-0.25, -0.2) is 13.2 Å². The van der Waals surface area contributed by atoms with Crippen molar-refractivity contribution in [1.29, 1.82) is 0 Å². The van der Waals surface area contributed by atoms with Gasteiger partial charge in [0.25, 0.3) is 0 Å². The first-order chi connectivity index (χ1) is 14.5. The lowest BCUT2D eigenvalue weighted by Crippen LogP contribution is -2.46. The van der Waals surface area contributed by atoms with Crippen LogP contribution in [0.2, 0.25) is 0 Å². The zero-order valence-electron chi connectivity index (χ0n) is 15.9. The summed E-state index contributed by atoms with van der Waals surface area (Å²) < 4.78 is 56.8. The van der Waals surface area contributed by atoms with Crippen molar-refractivity contribution in [2.75, 3.05) is 23.4 Å². The molecule has 0 spiro atoms. The largest absolute Gasteiger partial charge is 0.490 e. The number of amides is 1. The van der Waals surface area contributed by atoms with E-state index in [9.17, 15) is 26.4 Å². The number of aliphatic carboxylic acids is 1. The molecule has 1 unspecified atom stereocenters. The van der Waals surface area contributed by atoms with Crippen LogP contribution in [0.15, 0.2) is 64.4 Å². The van der Waals surface area contributed by atoms with Crippen LogP contribution in [0.1, 0.15) is 0 Å². The molecule has 3 N–H and O–H groups in total. The molecule has 1 fully saturated rings. The number of anilines is 1. The second kappa shape index (κ2) is 10.6. The maximum absolute atomic E-state index is 12.5. The molecule has 31 heavy (non-hydrogen) atoms. The van der Waals surface area contributed by atoms with Crippen molar-refractivity contribution in [3.8, 4) is 0 Å². The molecule has 12 heteroatoms. The summed E-state index contributed by atoms with van der Waals surface area (Å²) >= 11 is 1.74. The molecule has 1 aliphatic heterocycles. The van der Waals surface area contributed by atoms with Crippen LogP contribution in [-0.4, -0.2) is 55.7 Å². The Balaban J connectivity index is 0.000000423. The number of rotatable bonds is 4. The van der Waals surface area contributed by atoms with Gasteiger partial charge >= 0.3 is 12.1 Å². The highest BCUT2D eigenvalue weighted by Crippen LogP contribution is 2.22. The number of nitrogens with one attached hydrogen (secondary N) is 2. The first-order valence-electron chi connectivity index (χ1n) is 8.84. The quantitative estimate of drug-likeness (QED) is 0.622. The van der Waals surface area contributed by atoms with E-state index < -0.39 is 22.0 Å². The zero-order valence-corrected chi connectivity index (χ0v) is 17.6. The minimum atomic E-state index is -5.08. The monoisotopic (exact) mass is 476 g/mol. The van der Waals surface area contributed by atoms with E-state index in [4.69, 9.17) is 9.90 Å². The highest BCUT2D eigenvalue weighted by Gasteiger charge is 2.38. The van der Waals surface area contributed by atoms with Gasteiger partial charge < -0.3 is 15.7 Å². The molecule has 0 aromatic heterocycles. The standard InChI is InChI=1S/C17H18N2O3S2.C2HF3O2/c20-17(16-12-23-11-10-18-16)19-13-6-8-15(9-7-13)24(21,22)14-4-2-1-3-5-14;3-2(4,5)1(6)7/h1-9,16,18H,10-12H2,(H,19,20);(H,6,7). The lowest BCUT2D eigenvalue weighted by Gasteiger charge is -2.22. The molecule has 7 nitrogen and oxygen atoms in total. The van der Waals surface area contributed by atoms with Crippen molar-refractivity contribution in [2.45, 2.75) is 22.0 Å². The maximum Gasteiger partial charge on any atom is 0.490 e. The second-order valence-corrected chi connectivity index (χ2v) is 9.31. The number of hydrogen-bond acceptors (Lipinski definition) is 6. The van der Waals surface area contributed by atoms with E-state index in [2.05, 4.69) is 10.6 Å². The van der Waals surface area contributed by atoms with E-state index in [-0.39, 0.29) is 21.7 Å². The van der Waals surface area contributed by atoms with Gasteiger partial charge in [0.1, 0.15) is 0 Å². The van der Waals surface area contributed by atoms with Gasteiger partial charge in [-0.15, -0.1) is 0 Å². The van der Waals surface area contributed by atoms with Crippen LogP contribution in [0, 0.1) is 0 Å². The van der Waals surface area contributed by atoms with Crippen molar-refractivity contribution in [3.05, 3.63) is 54.6 Å². The number of carbonyl (C=O) groups is 2. The highest BCUT2D eigenvalue weighted by molar-refractivity contribution is 7.99. The molecule has 2 aromatic rings. The van der Waals surface area contributed by atoms with E-state index in [0.717, 1.165) is 18.1 Å². The lowest BCUT2D eigenvalue weighted by atomic mass is 10.2. The average molecular weight is 476 g/mol. The van der Waals surface area contributed by atoms with Gasteiger partial charge in [-0.1, -0.05) is 18.2 Å². The van der Waals surface area contributed by atoms with Crippen LogP contribution in [0.25, 0.3) is 0 Å². The van der Waals surface area contributed by atoms with Crippen LogP contribution >= 0.6 is 11.8 Å². The van der Waals surface area contributed by atoms with Gasteiger partial charge in [-0.2, -0.15) is 24.9 Å². The fraction of sp³-hybridized carbons (Fsp3) is 0.263. The smallest absolute Gasteiger partial charge is 0.475 e. The molecule has 1 amide bonds. The number of sulfone groups is 1. The number of halogens is 3. The molecule has 0 saturated carbocycles. The number of benzene rings is 2. The predicted molar refractivity (Wildman–Crippen MR) is 110 cm³/mol. The Labute approximate surface area is 181 Å². The summed E-state index contributed by atoms with van der Waals surface area (Å²) in [4.78, 5) is 21.5. The van der Waals surface area contributed by atoms with Gasteiger partial charge in [0.15, 0.2) is 0 Å². The second-order valence-electron chi connectivity index (χ2n) is 6.21. The number of carboxylic acids is 1.